The highest BCUT2D eigenvalue weighted by molar-refractivity contribution is 5.89. The number of carbonyl (C=O) groups excluding carboxylic acids is 1. The van der Waals surface area contributed by atoms with Gasteiger partial charge >= 0.3 is 5.97 Å². The van der Waals surface area contributed by atoms with Crippen LogP contribution < -0.4 is 9.47 Å². The quantitative estimate of drug-likeness (QED) is 0.615. The summed E-state index contributed by atoms with van der Waals surface area (Å²) in [6.07, 6.45) is 9.65. The molecule has 4 bridgehead atoms. The van der Waals surface area contributed by atoms with Gasteiger partial charge in [-0.05, 0) is 72.4 Å². The van der Waals surface area contributed by atoms with E-state index in [1.165, 1.54) is 31.8 Å². The number of fused-ring (bicyclic) bond motifs is 9. The van der Waals surface area contributed by atoms with E-state index >= 15 is 0 Å². The number of ether oxygens (including phenoxy) is 3. The number of benzene rings is 2. The van der Waals surface area contributed by atoms with E-state index in [0.29, 0.717) is 28.9 Å². The number of aromatic hydroxyl groups is 1. The van der Waals surface area contributed by atoms with Crippen LogP contribution in [-0.2, 0) is 9.53 Å². The molecule has 5 heteroatoms. The molecular formula is C27H30O5. The van der Waals surface area contributed by atoms with Crippen molar-refractivity contribution < 1.29 is 24.1 Å². The summed E-state index contributed by atoms with van der Waals surface area (Å²) in [5.41, 5.74) is 3.52. The third-order valence-electron chi connectivity index (χ3n) is 7.53. The summed E-state index contributed by atoms with van der Waals surface area (Å²) >= 11 is 0. The summed E-state index contributed by atoms with van der Waals surface area (Å²) in [4.78, 5) is 12.6. The number of methoxy groups -OCH3 is 2. The zero-order chi connectivity index (χ0) is 22.2. The van der Waals surface area contributed by atoms with Gasteiger partial charge in [-0.1, -0.05) is 31.4 Å². The Kier molecular flexibility index (Phi) is 5.58. The van der Waals surface area contributed by atoms with E-state index in [1.807, 2.05) is 12.1 Å². The highest BCUT2D eigenvalue weighted by Gasteiger charge is 2.42. The molecule has 1 unspecified atom stereocenters. The summed E-state index contributed by atoms with van der Waals surface area (Å²) in [5.74, 6) is 2.43. The molecule has 2 aromatic rings. The van der Waals surface area contributed by atoms with E-state index < -0.39 is 0 Å². The minimum Gasteiger partial charge on any atom is -0.507 e. The van der Waals surface area contributed by atoms with Crippen LogP contribution in [0.15, 0.2) is 36.4 Å². The summed E-state index contributed by atoms with van der Waals surface area (Å²) in [5, 5.41) is 10.9. The molecule has 1 aliphatic heterocycles. The number of phenols is 1. The topological polar surface area (TPSA) is 65.0 Å². The Morgan fingerprint density at radius 2 is 1.84 bits per heavy atom. The molecule has 0 amide bonds. The van der Waals surface area contributed by atoms with Crippen LogP contribution in [-0.4, -0.2) is 31.4 Å². The average molecular weight is 435 g/mol. The molecule has 2 aliphatic carbocycles. The first-order chi connectivity index (χ1) is 15.6. The van der Waals surface area contributed by atoms with Crippen molar-refractivity contribution in [2.75, 3.05) is 14.2 Å². The number of hydrogen-bond acceptors (Lipinski definition) is 5. The molecule has 3 aliphatic rings. The standard InChI is InChI=1S/C27H30O5/c1-30-24-11-9-20-21-15-18(14-17-5-3-4-6-19(17)21)32-25(29)12-8-16-7-10-23(28)22(13-16)26(20)27(24)31-2/h7-13,17-19,21,28H,3-6,14-15H2,1-2H3/b12-8-/t17-,18-,19?,21+/m0/s1. The van der Waals surface area contributed by atoms with Gasteiger partial charge in [0.2, 0.25) is 0 Å². The van der Waals surface area contributed by atoms with E-state index in [9.17, 15) is 9.90 Å². The van der Waals surface area contributed by atoms with Gasteiger partial charge in [-0.3, -0.25) is 0 Å². The molecule has 5 rings (SSSR count). The maximum Gasteiger partial charge on any atom is 0.331 e. The normalized spacial score (nSPS) is 27.6. The lowest BCUT2D eigenvalue weighted by Crippen LogP contribution is -2.38. The van der Waals surface area contributed by atoms with Gasteiger partial charge in [0.25, 0.3) is 0 Å². The van der Waals surface area contributed by atoms with E-state index in [-0.39, 0.29) is 23.7 Å². The fraction of sp³-hybridized carbons (Fsp3) is 0.444. The van der Waals surface area contributed by atoms with Crippen molar-refractivity contribution >= 4 is 12.0 Å². The first kappa shape index (κ1) is 20.9. The number of phenolic OH excluding ortho intramolecular Hbond substituents is 1. The van der Waals surface area contributed by atoms with Crippen molar-refractivity contribution in [2.24, 2.45) is 11.8 Å². The second-order valence-electron chi connectivity index (χ2n) is 9.22. The van der Waals surface area contributed by atoms with Crippen molar-refractivity contribution in [3.8, 4) is 28.4 Å². The van der Waals surface area contributed by atoms with Crippen molar-refractivity contribution in [3.05, 3.63) is 47.5 Å². The van der Waals surface area contributed by atoms with Gasteiger partial charge in [0.1, 0.15) is 11.9 Å². The van der Waals surface area contributed by atoms with E-state index in [0.717, 1.165) is 29.5 Å². The average Bonchev–Trinajstić information content (AvgIpc) is 2.81. The largest absolute Gasteiger partial charge is 0.507 e. The van der Waals surface area contributed by atoms with Gasteiger partial charge in [0.15, 0.2) is 11.5 Å². The smallest absolute Gasteiger partial charge is 0.331 e. The molecular weight excluding hydrogens is 404 g/mol. The molecule has 4 atom stereocenters. The summed E-state index contributed by atoms with van der Waals surface area (Å²) in [7, 11) is 3.27. The molecule has 2 fully saturated rings. The monoisotopic (exact) mass is 434 g/mol. The van der Waals surface area contributed by atoms with Crippen LogP contribution in [0.2, 0.25) is 0 Å². The Balaban J connectivity index is 1.78. The molecule has 0 saturated heterocycles. The van der Waals surface area contributed by atoms with Crippen LogP contribution in [0.1, 0.15) is 55.6 Å². The van der Waals surface area contributed by atoms with Crippen molar-refractivity contribution in [1.82, 2.24) is 0 Å². The molecule has 0 spiro atoms. The van der Waals surface area contributed by atoms with E-state index in [2.05, 4.69) is 6.07 Å². The van der Waals surface area contributed by atoms with Crippen LogP contribution >= 0.6 is 0 Å². The van der Waals surface area contributed by atoms with Crippen molar-refractivity contribution in [2.45, 2.75) is 50.5 Å². The highest BCUT2D eigenvalue weighted by atomic mass is 16.5. The Bertz CT molecular complexity index is 1060. The van der Waals surface area contributed by atoms with Crippen molar-refractivity contribution in [3.63, 3.8) is 0 Å². The SMILES string of the molecule is COc1ccc2c(c1OC)-c1cc(ccc1O)/C=C\C(=O)O[C@H]1C[C@@H]3CCCCC3[C@H]2C1. The summed E-state index contributed by atoms with van der Waals surface area (Å²) in [6.45, 7) is 0. The Morgan fingerprint density at radius 1 is 1.00 bits per heavy atom. The minimum absolute atomic E-state index is 0.108. The number of rotatable bonds is 2. The summed E-state index contributed by atoms with van der Waals surface area (Å²) < 4.78 is 17.4. The van der Waals surface area contributed by atoms with Gasteiger partial charge < -0.3 is 19.3 Å². The first-order valence-electron chi connectivity index (χ1n) is 11.6. The van der Waals surface area contributed by atoms with Crippen LogP contribution in [0, 0.1) is 11.8 Å². The molecule has 2 aromatic carbocycles. The highest BCUT2D eigenvalue weighted by Crippen LogP contribution is 2.54. The molecule has 0 aromatic heterocycles. The van der Waals surface area contributed by atoms with Gasteiger partial charge in [-0.15, -0.1) is 0 Å². The molecule has 168 valence electrons. The number of esters is 1. The minimum atomic E-state index is -0.300. The van der Waals surface area contributed by atoms with Gasteiger partial charge in [0, 0.05) is 17.2 Å². The predicted molar refractivity (Wildman–Crippen MR) is 123 cm³/mol. The van der Waals surface area contributed by atoms with Crippen LogP contribution in [0.4, 0.5) is 0 Å². The fourth-order valence-electron chi connectivity index (χ4n) is 6.16. The summed E-state index contributed by atoms with van der Waals surface area (Å²) in [6, 6.07) is 9.43. The first-order valence-corrected chi connectivity index (χ1v) is 11.6. The Hall–Kier alpha value is -2.95. The van der Waals surface area contributed by atoms with Gasteiger partial charge in [0.05, 0.1) is 14.2 Å². The second-order valence-corrected chi connectivity index (χ2v) is 9.22. The molecule has 1 heterocycles. The Morgan fingerprint density at radius 3 is 2.66 bits per heavy atom. The lowest BCUT2D eigenvalue weighted by atomic mass is 9.62. The van der Waals surface area contributed by atoms with Gasteiger partial charge in [-0.2, -0.15) is 0 Å². The third kappa shape index (κ3) is 3.64. The van der Waals surface area contributed by atoms with Crippen LogP contribution in [0.5, 0.6) is 17.2 Å². The lowest BCUT2D eigenvalue weighted by molar-refractivity contribution is -0.146. The molecule has 0 radical (unpaired) electrons. The molecule has 1 N–H and O–H groups in total. The lowest BCUT2D eigenvalue weighted by Gasteiger charge is -2.45. The van der Waals surface area contributed by atoms with E-state index in [4.69, 9.17) is 14.2 Å². The van der Waals surface area contributed by atoms with Gasteiger partial charge in [-0.25, -0.2) is 4.79 Å². The zero-order valence-electron chi connectivity index (χ0n) is 18.7. The second kappa shape index (κ2) is 8.53. The molecule has 2 saturated carbocycles. The third-order valence-corrected chi connectivity index (χ3v) is 7.53. The molecule has 5 nitrogen and oxygen atoms in total. The predicted octanol–water partition coefficient (Wildman–Crippen LogP) is 5.70. The maximum atomic E-state index is 12.6. The Labute approximate surface area is 189 Å². The number of hydrogen-bond donors (Lipinski definition) is 1. The number of carbonyl (C=O) groups is 1. The fourth-order valence-corrected chi connectivity index (χ4v) is 6.16. The zero-order valence-corrected chi connectivity index (χ0v) is 18.7. The molecule has 32 heavy (non-hydrogen) atoms. The maximum absolute atomic E-state index is 12.6. The van der Waals surface area contributed by atoms with Crippen LogP contribution in [0.3, 0.4) is 0 Å². The van der Waals surface area contributed by atoms with E-state index in [1.54, 1.807) is 32.4 Å². The van der Waals surface area contributed by atoms with Crippen LogP contribution in [0.25, 0.3) is 17.2 Å². The van der Waals surface area contributed by atoms with Crippen molar-refractivity contribution in [1.29, 1.82) is 0 Å².